The largest absolute Gasteiger partial charge is 0.388 e. The van der Waals surface area contributed by atoms with Crippen molar-refractivity contribution in [3.63, 3.8) is 0 Å². The van der Waals surface area contributed by atoms with Gasteiger partial charge in [-0.2, -0.15) is 0 Å². The first-order valence-corrected chi connectivity index (χ1v) is 7.97. The quantitative estimate of drug-likeness (QED) is 0.913. The molecule has 112 valence electrons. The van der Waals surface area contributed by atoms with E-state index in [1.807, 2.05) is 30.7 Å². The molecule has 0 spiro atoms. The van der Waals surface area contributed by atoms with Crippen molar-refractivity contribution in [1.82, 2.24) is 9.47 Å². The maximum Gasteiger partial charge on any atom is 0.270 e. The summed E-state index contributed by atoms with van der Waals surface area (Å²) in [5.41, 5.74) is -0.0346. The summed E-state index contributed by atoms with van der Waals surface area (Å²) in [7, 11) is 1.77. The zero-order valence-corrected chi connectivity index (χ0v) is 14.0. The lowest BCUT2D eigenvalue weighted by Crippen LogP contribution is -2.42. The number of carbonyl (C=O) groups is 1. The van der Waals surface area contributed by atoms with Crippen LogP contribution >= 0.6 is 15.9 Å². The van der Waals surface area contributed by atoms with Gasteiger partial charge in [-0.05, 0) is 48.7 Å². The Morgan fingerprint density at radius 2 is 2.10 bits per heavy atom. The Kier molecular flexibility index (Phi) is 4.59. The molecule has 1 heterocycles. The van der Waals surface area contributed by atoms with Crippen molar-refractivity contribution in [3.8, 4) is 0 Å². The first-order chi connectivity index (χ1) is 9.32. The first kappa shape index (κ1) is 15.6. The normalized spacial score (nSPS) is 17.7. The number of aliphatic hydroxyl groups is 1. The van der Waals surface area contributed by atoms with Gasteiger partial charge in [-0.3, -0.25) is 4.79 Å². The van der Waals surface area contributed by atoms with Gasteiger partial charge in [0, 0.05) is 30.3 Å². The highest BCUT2D eigenvalue weighted by Gasteiger charge is 2.34. The van der Waals surface area contributed by atoms with Gasteiger partial charge in [0.05, 0.1) is 5.60 Å². The third-order valence-electron chi connectivity index (χ3n) is 4.00. The van der Waals surface area contributed by atoms with E-state index in [1.165, 1.54) is 0 Å². The van der Waals surface area contributed by atoms with Crippen LogP contribution < -0.4 is 0 Å². The van der Waals surface area contributed by atoms with Crippen molar-refractivity contribution >= 4 is 21.8 Å². The summed E-state index contributed by atoms with van der Waals surface area (Å²) in [5.74, 6) is -0.0373. The monoisotopic (exact) mass is 342 g/mol. The van der Waals surface area contributed by atoms with E-state index in [-0.39, 0.29) is 11.9 Å². The summed E-state index contributed by atoms with van der Waals surface area (Å²) < 4.78 is 2.87. The fourth-order valence-electron chi connectivity index (χ4n) is 2.94. The van der Waals surface area contributed by atoms with E-state index in [1.54, 1.807) is 11.9 Å². The van der Waals surface area contributed by atoms with E-state index in [0.717, 1.165) is 30.2 Å². The Hall–Kier alpha value is -0.810. The lowest BCUT2D eigenvalue weighted by molar-refractivity contribution is 0.0153. The topological polar surface area (TPSA) is 45.5 Å². The predicted molar refractivity (Wildman–Crippen MR) is 82.9 cm³/mol. The van der Waals surface area contributed by atoms with Gasteiger partial charge in [-0.25, -0.2) is 0 Å². The molecule has 2 rings (SSSR count). The highest BCUT2D eigenvalue weighted by atomic mass is 79.9. The van der Waals surface area contributed by atoms with E-state index in [2.05, 4.69) is 15.9 Å². The minimum Gasteiger partial charge on any atom is -0.388 e. The molecule has 1 amide bonds. The predicted octanol–water partition coefficient (Wildman–Crippen LogP) is 3.21. The van der Waals surface area contributed by atoms with Gasteiger partial charge in [0.1, 0.15) is 5.69 Å². The number of halogens is 1. The van der Waals surface area contributed by atoms with Crippen molar-refractivity contribution in [2.24, 2.45) is 0 Å². The third kappa shape index (κ3) is 3.26. The van der Waals surface area contributed by atoms with E-state index >= 15 is 0 Å². The van der Waals surface area contributed by atoms with Gasteiger partial charge in [0.15, 0.2) is 0 Å². The van der Waals surface area contributed by atoms with Gasteiger partial charge in [0.2, 0.25) is 0 Å². The first-order valence-electron chi connectivity index (χ1n) is 7.18. The highest BCUT2D eigenvalue weighted by Crippen LogP contribution is 2.30. The number of rotatable bonds is 4. The lowest BCUT2D eigenvalue weighted by atomic mass is 10.0. The smallest absolute Gasteiger partial charge is 0.270 e. The van der Waals surface area contributed by atoms with Gasteiger partial charge < -0.3 is 14.6 Å². The summed E-state index contributed by atoms with van der Waals surface area (Å²) >= 11 is 3.43. The second-order valence-electron chi connectivity index (χ2n) is 6.14. The number of aromatic nitrogens is 1. The van der Waals surface area contributed by atoms with E-state index < -0.39 is 5.60 Å². The van der Waals surface area contributed by atoms with Crippen LogP contribution in [0.15, 0.2) is 16.7 Å². The Balaban J connectivity index is 2.14. The SMILES string of the molecule is CC(C)n1cc(Br)cc1C(=O)N(C)CC1(O)CCCC1. The van der Waals surface area contributed by atoms with Crippen LogP contribution in [0.5, 0.6) is 0 Å². The van der Waals surface area contributed by atoms with Gasteiger partial charge >= 0.3 is 0 Å². The summed E-state index contributed by atoms with van der Waals surface area (Å²) in [6.45, 7) is 4.51. The molecular formula is C15H23BrN2O2. The second kappa shape index (κ2) is 5.90. The summed E-state index contributed by atoms with van der Waals surface area (Å²) in [6.07, 6.45) is 5.61. The molecule has 0 atom stereocenters. The number of nitrogens with zero attached hydrogens (tertiary/aromatic N) is 2. The van der Waals surface area contributed by atoms with Gasteiger partial charge in [-0.1, -0.05) is 12.8 Å². The third-order valence-corrected chi connectivity index (χ3v) is 4.44. The molecule has 0 bridgehead atoms. The molecule has 20 heavy (non-hydrogen) atoms. The standard InChI is InChI=1S/C15H23BrN2O2/c1-11(2)18-9-12(16)8-13(18)14(19)17(3)10-15(20)6-4-5-7-15/h8-9,11,20H,4-7,10H2,1-3H3. The van der Waals surface area contributed by atoms with Gasteiger partial charge in [0.25, 0.3) is 5.91 Å². The van der Waals surface area contributed by atoms with Crippen LogP contribution in [0.25, 0.3) is 0 Å². The average molecular weight is 343 g/mol. The maximum absolute atomic E-state index is 12.6. The van der Waals surface area contributed by atoms with Crippen LogP contribution in [0, 0.1) is 0 Å². The molecule has 0 radical (unpaired) electrons. The maximum atomic E-state index is 12.6. The van der Waals surface area contributed by atoms with Crippen LogP contribution in [-0.4, -0.2) is 39.7 Å². The number of likely N-dealkylation sites (N-methyl/N-ethyl adjacent to an activating group) is 1. The Morgan fingerprint density at radius 1 is 1.50 bits per heavy atom. The molecule has 1 saturated carbocycles. The molecular weight excluding hydrogens is 320 g/mol. The summed E-state index contributed by atoms with van der Waals surface area (Å²) in [5, 5.41) is 10.4. The Labute approximate surface area is 128 Å². The molecule has 0 unspecified atom stereocenters. The fraction of sp³-hybridized carbons (Fsp3) is 0.667. The average Bonchev–Trinajstić information content (AvgIpc) is 2.94. The molecule has 0 saturated heterocycles. The van der Waals surface area contributed by atoms with Crippen molar-refractivity contribution < 1.29 is 9.90 Å². The second-order valence-corrected chi connectivity index (χ2v) is 7.05. The Morgan fingerprint density at radius 3 is 2.65 bits per heavy atom. The van der Waals surface area contributed by atoms with Crippen LogP contribution in [0.4, 0.5) is 0 Å². The van der Waals surface area contributed by atoms with Crippen molar-refractivity contribution in [3.05, 3.63) is 22.4 Å². The van der Waals surface area contributed by atoms with Crippen LogP contribution in [0.3, 0.4) is 0 Å². The van der Waals surface area contributed by atoms with E-state index in [9.17, 15) is 9.90 Å². The van der Waals surface area contributed by atoms with E-state index in [0.29, 0.717) is 12.2 Å². The molecule has 0 aliphatic heterocycles. The number of hydrogen-bond acceptors (Lipinski definition) is 2. The molecule has 1 aromatic rings. The number of carbonyl (C=O) groups excluding carboxylic acids is 1. The molecule has 5 heteroatoms. The summed E-state index contributed by atoms with van der Waals surface area (Å²) in [6, 6.07) is 2.07. The molecule has 1 N–H and O–H groups in total. The van der Waals surface area contributed by atoms with Crippen molar-refractivity contribution in [2.45, 2.75) is 51.2 Å². The highest BCUT2D eigenvalue weighted by molar-refractivity contribution is 9.10. The zero-order valence-electron chi connectivity index (χ0n) is 12.4. The van der Waals surface area contributed by atoms with Crippen LogP contribution in [-0.2, 0) is 0 Å². The molecule has 0 aromatic carbocycles. The minimum absolute atomic E-state index is 0.0373. The number of amides is 1. The minimum atomic E-state index is -0.698. The molecule has 4 nitrogen and oxygen atoms in total. The molecule has 1 aliphatic rings. The van der Waals surface area contributed by atoms with Crippen molar-refractivity contribution in [2.75, 3.05) is 13.6 Å². The zero-order chi connectivity index (χ0) is 14.9. The Bertz CT molecular complexity index is 490. The molecule has 1 aromatic heterocycles. The van der Waals surface area contributed by atoms with Gasteiger partial charge in [-0.15, -0.1) is 0 Å². The van der Waals surface area contributed by atoms with Crippen LogP contribution in [0.2, 0.25) is 0 Å². The molecule has 1 fully saturated rings. The summed E-state index contributed by atoms with van der Waals surface area (Å²) in [4.78, 5) is 14.2. The van der Waals surface area contributed by atoms with Crippen molar-refractivity contribution in [1.29, 1.82) is 0 Å². The van der Waals surface area contributed by atoms with E-state index in [4.69, 9.17) is 0 Å². The lowest BCUT2D eigenvalue weighted by Gasteiger charge is -2.29. The van der Waals surface area contributed by atoms with Crippen LogP contribution in [0.1, 0.15) is 56.1 Å². The fourth-order valence-corrected chi connectivity index (χ4v) is 3.38. The molecule has 1 aliphatic carbocycles. The number of hydrogen-bond donors (Lipinski definition) is 1.